The van der Waals surface area contributed by atoms with Crippen molar-refractivity contribution in [3.63, 3.8) is 0 Å². The lowest BCUT2D eigenvalue weighted by Gasteiger charge is -2.28. The van der Waals surface area contributed by atoms with Gasteiger partial charge in [0, 0.05) is 19.0 Å². The van der Waals surface area contributed by atoms with Crippen molar-refractivity contribution in [2.24, 2.45) is 0 Å². The molecule has 1 heteroatoms. The Balaban J connectivity index is 1.70. The maximum atomic E-state index is 3.34. The predicted octanol–water partition coefficient (Wildman–Crippen LogP) is 3.42. The van der Waals surface area contributed by atoms with Gasteiger partial charge >= 0.3 is 0 Å². The van der Waals surface area contributed by atoms with E-state index in [-0.39, 0.29) is 0 Å². The third kappa shape index (κ3) is 2.01. The first-order valence-corrected chi connectivity index (χ1v) is 6.74. The normalized spacial score (nSPS) is 23.0. The van der Waals surface area contributed by atoms with Crippen LogP contribution in [0, 0.1) is 0 Å². The minimum absolute atomic E-state index is 0.778. The molecule has 86 valence electrons. The maximum absolute atomic E-state index is 3.34. The van der Waals surface area contributed by atoms with Crippen LogP contribution in [0.3, 0.4) is 0 Å². The number of rotatable bonds is 2. The first-order valence-electron chi connectivity index (χ1n) is 6.74. The van der Waals surface area contributed by atoms with E-state index in [2.05, 4.69) is 29.6 Å². The van der Waals surface area contributed by atoms with Crippen LogP contribution in [0.25, 0.3) is 0 Å². The molecule has 1 heterocycles. The van der Waals surface area contributed by atoms with Crippen molar-refractivity contribution >= 4 is 0 Å². The molecule has 1 aliphatic carbocycles. The number of benzene rings is 1. The van der Waals surface area contributed by atoms with Crippen LogP contribution in [0.4, 0.5) is 0 Å². The van der Waals surface area contributed by atoms with Crippen LogP contribution < -0.4 is 5.32 Å². The summed E-state index contributed by atoms with van der Waals surface area (Å²) in [6.45, 7) is 2.34. The molecule has 0 atom stereocenters. The Morgan fingerprint density at radius 2 is 1.31 bits per heavy atom. The molecule has 0 amide bonds. The van der Waals surface area contributed by atoms with Crippen molar-refractivity contribution < 1.29 is 0 Å². The highest BCUT2D eigenvalue weighted by atomic mass is 14.9. The first-order chi connectivity index (χ1) is 7.93. The van der Waals surface area contributed by atoms with Gasteiger partial charge in [-0.3, -0.25) is 0 Å². The molecule has 1 aliphatic heterocycles. The highest BCUT2D eigenvalue weighted by molar-refractivity contribution is 5.29. The molecule has 3 rings (SSSR count). The number of hydrogen-bond donors (Lipinski definition) is 1. The topological polar surface area (TPSA) is 12.0 Å². The fraction of sp³-hybridized carbons (Fsp3) is 0.600. The van der Waals surface area contributed by atoms with E-state index < -0.39 is 0 Å². The summed E-state index contributed by atoms with van der Waals surface area (Å²) in [6, 6.07) is 9.47. The van der Waals surface area contributed by atoms with Gasteiger partial charge in [0.25, 0.3) is 0 Å². The Morgan fingerprint density at radius 1 is 0.750 bits per heavy atom. The Labute approximate surface area is 98.3 Å². The highest BCUT2D eigenvalue weighted by Crippen LogP contribution is 2.33. The Hall–Kier alpha value is -0.820. The first kappa shape index (κ1) is 10.3. The van der Waals surface area contributed by atoms with Crippen LogP contribution in [-0.2, 0) is 0 Å². The summed E-state index contributed by atoms with van der Waals surface area (Å²) in [5.41, 5.74) is 3.11. The van der Waals surface area contributed by atoms with E-state index >= 15 is 0 Å². The minimum atomic E-state index is 0.778. The van der Waals surface area contributed by atoms with Crippen LogP contribution in [-0.4, -0.2) is 13.1 Å². The third-order valence-corrected chi connectivity index (χ3v) is 4.27. The van der Waals surface area contributed by atoms with Crippen LogP contribution in [0.2, 0.25) is 0 Å². The highest BCUT2D eigenvalue weighted by Gasteiger charge is 2.19. The average Bonchev–Trinajstić information content (AvgIpc) is 2.29. The molecule has 2 fully saturated rings. The monoisotopic (exact) mass is 215 g/mol. The molecule has 1 aromatic rings. The zero-order valence-corrected chi connectivity index (χ0v) is 9.91. The molecule has 0 radical (unpaired) electrons. The summed E-state index contributed by atoms with van der Waals surface area (Å²) < 4.78 is 0. The Bertz CT molecular complexity index is 331. The molecular formula is C15H21N. The second kappa shape index (κ2) is 4.58. The average molecular weight is 215 g/mol. The van der Waals surface area contributed by atoms with E-state index in [1.54, 1.807) is 5.56 Å². The van der Waals surface area contributed by atoms with Crippen LogP contribution in [0.15, 0.2) is 24.3 Å². The predicted molar refractivity (Wildman–Crippen MR) is 67.9 cm³/mol. The largest absolute Gasteiger partial charge is 0.315 e. The van der Waals surface area contributed by atoms with E-state index in [1.807, 2.05) is 0 Å². The summed E-state index contributed by atoms with van der Waals surface area (Å²) in [6.07, 6.45) is 7.12. The van der Waals surface area contributed by atoms with E-state index in [4.69, 9.17) is 0 Å². The summed E-state index contributed by atoms with van der Waals surface area (Å²) in [4.78, 5) is 0. The lowest BCUT2D eigenvalue weighted by atomic mass is 9.83. The molecule has 0 unspecified atom stereocenters. The quantitative estimate of drug-likeness (QED) is 0.797. The summed E-state index contributed by atoms with van der Waals surface area (Å²) in [7, 11) is 0. The molecule has 0 spiro atoms. The van der Waals surface area contributed by atoms with Gasteiger partial charge in [-0.05, 0) is 29.9 Å². The fourth-order valence-electron chi connectivity index (χ4n) is 3.00. The molecule has 1 aromatic carbocycles. The van der Waals surface area contributed by atoms with Crippen LogP contribution >= 0.6 is 0 Å². The van der Waals surface area contributed by atoms with Crippen molar-refractivity contribution in [1.82, 2.24) is 5.32 Å². The van der Waals surface area contributed by atoms with Gasteiger partial charge in [-0.1, -0.05) is 43.5 Å². The summed E-state index contributed by atoms with van der Waals surface area (Å²) in [5.74, 6) is 1.63. The van der Waals surface area contributed by atoms with Gasteiger partial charge < -0.3 is 5.32 Å². The minimum Gasteiger partial charge on any atom is -0.315 e. The lowest BCUT2D eigenvalue weighted by molar-refractivity contribution is 0.440. The van der Waals surface area contributed by atoms with Gasteiger partial charge in [-0.2, -0.15) is 0 Å². The molecule has 2 aliphatic rings. The molecule has 1 N–H and O–H groups in total. The van der Waals surface area contributed by atoms with Gasteiger partial charge in [0.1, 0.15) is 0 Å². The van der Waals surface area contributed by atoms with Crippen molar-refractivity contribution in [3.05, 3.63) is 35.4 Å². The number of hydrogen-bond acceptors (Lipinski definition) is 1. The van der Waals surface area contributed by atoms with Crippen molar-refractivity contribution in [2.75, 3.05) is 13.1 Å². The van der Waals surface area contributed by atoms with Gasteiger partial charge in [-0.15, -0.1) is 0 Å². The van der Waals surface area contributed by atoms with Crippen molar-refractivity contribution in [3.8, 4) is 0 Å². The van der Waals surface area contributed by atoms with Gasteiger partial charge in [-0.25, -0.2) is 0 Å². The lowest BCUT2D eigenvalue weighted by Crippen LogP contribution is -2.39. The van der Waals surface area contributed by atoms with E-state index in [1.165, 1.54) is 50.8 Å². The standard InChI is InChI=1S/C15H21N/c1-2-4-12(5-3-1)13-6-8-14(9-7-13)15-10-16-11-15/h6-9,12,15-16H,1-5,10-11H2. The fourth-order valence-corrected chi connectivity index (χ4v) is 3.00. The van der Waals surface area contributed by atoms with Crippen molar-refractivity contribution in [1.29, 1.82) is 0 Å². The van der Waals surface area contributed by atoms with Gasteiger partial charge in [0.15, 0.2) is 0 Å². The smallest absolute Gasteiger partial charge is 0.00885 e. The second-order valence-electron chi connectivity index (χ2n) is 5.36. The van der Waals surface area contributed by atoms with Crippen LogP contribution in [0.5, 0.6) is 0 Å². The third-order valence-electron chi connectivity index (χ3n) is 4.27. The van der Waals surface area contributed by atoms with E-state index in [0.717, 1.165) is 11.8 Å². The Kier molecular flexibility index (Phi) is 2.96. The maximum Gasteiger partial charge on any atom is 0.00885 e. The van der Waals surface area contributed by atoms with Gasteiger partial charge in [0.2, 0.25) is 0 Å². The zero-order chi connectivity index (χ0) is 10.8. The molecule has 0 aromatic heterocycles. The molecule has 16 heavy (non-hydrogen) atoms. The van der Waals surface area contributed by atoms with E-state index in [9.17, 15) is 0 Å². The van der Waals surface area contributed by atoms with Crippen molar-refractivity contribution in [2.45, 2.75) is 43.9 Å². The number of nitrogens with one attached hydrogen (secondary N) is 1. The molecular weight excluding hydrogens is 194 g/mol. The zero-order valence-electron chi connectivity index (χ0n) is 9.91. The molecule has 1 saturated carbocycles. The van der Waals surface area contributed by atoms with Gasteiger partial charge in [0.05, 0.1) is 0 Å². The summed E-state index contributed by atoms with van der Waals surface area (Å²) >= 11 is 0. The second-order valence-corrected chi connectivity index (χ2v) is 5.36. The molecule has 0 bridgehead atoms. The SMILES string of the molecule is c1cc(C2CNC2)ccc1C1CCCCC1. The van der Waals surface area contributed by atoms with Crippen LogP contribution in [0.1, 0.15) is 55.1 Å². The molecule has 1 saturated heterocycles. The molecule has 1 nitrogen and oxygen atoms in total. The van der Waals surface area contributed by atoms with E-state index in [0.29, 0.717) is 0 Å². The Morgan fingerprint density at radius 3 is 1.81 bits per heavy atom. The summed E-state index contributed by atoms with van der Waals surface area (Å²) in [5, 5.41) is 3.34.